The molecule has 0 fully saturated rings. The quantitative estimate of drug-likeness (QED) is 0.0825. The van der Waals surface area contributed by atoms with E-state index < -0.39 is 5.97 Å². The molecule has 0 aromatic heterocycles. The smallest absolute Gasteiger partial charge is 0.308 e. The van der Waals surface area contributed by atoms with E-state index in [2.05, 4.69) is 6.92 Å². The van der Waals surface area contributed by atoms with Gasteiger partial charge in [-0.3, -0.25) is 14.4 Å². The molecule has 0 amide bonds. The molecule has 0 aliphatic carbocycles. The maximum atomic E-state index is 12.0. The van der Waals surface area contributed by atoms with E-state index in [4.69, 9.17) is 47.7 Å². The molecule has 0 aromatic carbocycles. The Balaban J connectivity index is 3.21. The Labute approximate surface area is 257 Å². The molecule has 254 valence electrons. The van der Waals surface area contributed by atoms with Crippen LogP contribution in [-0.2, 0) is 57.0 Å². The minimum Gasteiger partial charge on any atom is -0.481 e. The fourth-order valence-corrected chi connectivity index (χ4v) is 3.51. The SMILES string of the molecule is CCCCC(CC)C(=O)OCCOCCOCCOCCOCCOCCOCCOCCOC(=O)CCCCC(=O)O. The molecule has 13 nitrogen and oxygen atoms in total. The van der Waals surface area contributed by atoms with Crippen LogP contribution < -0.4 is 0 Å². The van der Waals surface area contributed by atoms with Crippen LogP contribution in [0, 0.1) is 5.92 Å². The topological polar surface area (TPSA) is 155 Å². The maximum absolute atomic E-state index is 12.0. The molecule has 0 radical (unpaired) electrons. The molecule has 0 saturated carbocycles. The lowest BCUT2D eigenvalue weighted by molar-refractivity contribution is -0.150. The van der Waals surface area contributed by atoms with Crippen molar-refractivity contribution in [1.82, 2.24) is 0 Å². The largest absolute Gasteiger partial charge is 0.481 e. The minimum atomic E-state index is -0.864. The van der Waals surface area contributed by atoms with Crippen molar-refractivity contribution in [2.24, 2.45) is 5.92 Å². The van der Waals surface area contributed by atoms with Crippen molar-refractivity contribution in [3.63, 3.8) is 0 Å². The van der Waals surface area contributed by atoms with Gasteiger partial charge in [-0.05, 0) is 25.7 Å². The number of hydrogen-bond donors (Lipinski definition) is 1. The summed E-state index contributed by atoms with van der Waals surface area (Å²) in [7, 11) is 0. The highest BCUT2D eigenvalue weighted by atomic mass is 16.6. The van der Waals surface area contributed by atoms with Crippen molar-refractivity contribution in [3.05, 3.63) is 0 Å². The number of rotatable bonds is 34. The lowest BCUT2D eigenvalue weighted by atomic mass is 10.00. The third-order valence-corrected chi connectivity index (χ3v) is 5.95. The molecular weight excluding hydrogens is 568 g/mol. The van der Waals surface area contributed by atoms with Gasteiger partial charge in [0.1, 0.15) is 13.2 Å². The third kappa shape index (κ3) is 31.4. The third-order valence-electron chi connectivity index (χ3n) is 5.95. The molecule has 0 heterocycles. The number of carbonyl (C=O) groups is 3. The van der Waals surface area contributed by atoms with E-state index in [0.29, 0.717) is 98.7 Å². The van der Waals surface area contributed by atoms with E-state index >= 15 is 0 Å². The molecule has 13 heteroatoms. The van der Waals surface area contributed by atoms with E-state index in [-0.39, 0.29) is 50.5 Å². The number of aliphatic carboxylic acids is 1. The number of hydrogen-bond acceptors (Lipinski definition) is 12. The zero-order valence-corrected chi connectivity index (χ0v) is 26.4. The van der Waals surface area contributed by atoms with Crippen molar-refractivity contribution in [3.8, 4) is 0 Å². The van der Waals surface area contributed by atoms with Crippen LogP contribution in [0.2, 0.25) is 0 Å². The molecule has 1 atom stereocenters. The average Bonchev–Trinajstić information content (AvgIpc) is 2.99. The molecule has 0 spiro atoms. The van der Waals surface area contributed by atoms with Gasteiger partial charge in [0.25, 0.3) is 0 Å². The first-order chi connectivity index (χ1) is 21.0. The van der Waals surface area contributed by atoms with Crippen LogP contribution in [0.25, 0.3) is 0 Å². The van der Waals surface area contributed by atoms with Gasteiger partial charge in [0, 0.05) is 12.8 Å². The Morgan fingerprint density at radius 1 is 0.512 bits per heavy atom. The number of esters is 2. The van der Waals surface area contributed by atoms with Crippen LogP contribution in [0.3, 0.4) is 0 Å². The van der Waals surface area contributed by atoms with Gasteiger partial charge in [-0.1, -0.05) is 26.7 Å². The highest BCUT2D eigenvalue weighted by molar-refractivity contribution is 5.72. The van der Waals surface area contributed by atoms with Crippen LogP contribution in [-0.4, -0.2) is 129 Å². The van der Waals surface area contributed by atoms with Gasteiger partial charge in [-0.15, -0.1) is 0 Å². The number of carboxylic acids is 1. The Morgan fingerprint density at radius 3 is 1.26 bits per heavy atom. The molecule has 0 rings (SSSR count). The molecular formula is C30H56O13. The second kappa shape index (κ2) is 33.0. The zero-order valence-electron chi connectivity index (χ0n) is 26.4. The van der Waals surface area contributed by atoms with E-state index in [9.17, 15) is 14.4 Å². The second-order valence-corrected chi connectivity index (χ2v) is 9.52. The molecule has 0 aliphatic rings. The predicted molar refractivity (Wildman–Crippen MR) is 157 cm³/mol. The zero-order chi connectivity index (χ0) is 31.6. The van der Waals surface area contributed by atoms with Crippen molar-refractivity contribution in [2.45, 2.75) is 65.2 Å². The normalized spacial score (nSPS) is 11.9. The fourth-order valence-electron chi connectivity index (χ4n) is 3.51. The van der Waals surface area contributed by atoms with Gasteiger partial charge in [-0.2, -0.15) is 0 Å². The monoisotopic (exact) mass is 624 g/mol. The maximum Gasteiger partial charge on any atom is 0.308 e. The lowest BCUT2D eigenvalue weighted by Crippen LogP contribution is -2.20. The average molecular weight is 625 g/mol. The fraction of sp³-hybridized carbons (Fsp3) is 0.900. The molecule has 0 bridgehead atoms. The van der Waals surface area contributed by atoms with E-state index in [1.807, 2.05) is 6.92 Å². The first-order valence-corrected chi connectivity index (χ1v) is 15.6. The Hall–Kier alpha value is -1.87. The Kier molecular flexibility index (Phi) is 31.6. The van der Waals surface area contributed by atoms with Crippen molar-refractivity contribution in [2.75, 3.05) is 106 Å². The standard InChI is InChI=1S/C30H56O13/c1-3-5-8-27(4-2)30(34)43-26-24-41-22-20-39-18-16-37-14-12-35-11-13-36-15-17-38-19-21-40-23-25-42-29(33)10-7-6-9-28(31)32/h27H,3-26H2,1-2H3,(H,31,32). The van der Waals surface area contributed by atoms with Crippen LogP contribution in [0.15, 0.2) is 0 Å². The number of ether oxygens (including phenoxy) is 9. The molecule has 1 N–H and O–H groups in total. The number of carboxylic acid groups (broad SMARTS) is 1. The van der Waals surface area contributed by atoms with Crippen molar-refractivity contribution >= 4 is 17.9 Å². The van der Waals surface area contributed by atoms with Crippen LogP contribution in [0.5, 0.6) is 0 Å². The highest BCUT2D eigenvalue weighted by Gasteiger charge is 2.16. The van der Waals surface area contributed by atoms with Gasteiger partial charge < -0.3 is 47.7 Å². The second-order valence-electron chi connectivity index (χ2n) is 9.52. The summed E-state index contributed by atoms with van der Waals surface area (Å²) in [5.41, 5.74) is 0. The lowest BCUT2D eigenvalue weighted by Gasteiger charge is -2.13. The van der Waals surface area contributed by atoms with Crippen LogP contribution in [0.1, 0.15) is 65.2 Å². The highest BCUT2D eigenvalue weighted by Crippen LogP contribution is 2.14. The summed E-state index contributed by atoms with van der Waals surface area (Å²) in [4.78, 5) is 33.9. The molecule has 0 aliphatic heterocycles. The van der Waals surface area contributed by atoms with Gasteiger partial charge in [0.15, 0.2) is 0 Å². The number of unbranched alkanes of at least 4 members (excludes halogenated alkanes) is 2. The predicted octanol–water partition coefficient (Wildman–Crippen LogP) is 3.05. The Bertz CT molecular complexity index is 648. The molecule has 0 saturated heterocycles. The van der Waals surface area contributed by atoms with E-state index in [1.54, 1.807) is 0 Å². The first-order valence-electron chi connectivity index (χ1n) is 15.6. The number of carbonyl (C=O) groups excluding carboxylic acids is 2. The minimum absolute atomic E-state index is 0.0117. The van der Waals surface area contributed by atoms with Gasteiger partial charge in [0.05, 0.1) is 98.4 Å². The summed E-state index contributed by atoms with van der Waals surface area (Å²) < 4.78 is 48.2. The summed E-state index contributed by atoms with van der Waals surface area (Å²) >= 11 is 0. The summed E-state index contributed by atoms with van der Waals surface area (Å²) in [5.74, 6) is -1.35. The summed E-state index contributed by atoms with van der Waals surface area (Å²) in [5, 5.41) is 8.54. The van der Waals surface area contributed by atoms with Gasteiger partial charge in [0.2, 0.25) is 0 Å². The van der Waals surface area contributed by atoms with E-state index in [0.717, 1.165) is 25.7 Å². The van der Waals surface area contributed by atoms with Crippen LogP contribution in [0.4, 0.5) is 0 Å². The molecule has 0 aromatic rings. The Morgan fingerprint density at radius 2 is 0.884 bits per heavy atom. The first kappa shape index (κ1) is 41.1. The summed E-state index contributed by atoms with van der Waals surface area (Å²) in [6.45, 7) is 10.6. The molecule has 1 unspecified atom stereocenters. The summed E-state index contributed by atoms with van der Waals surface area (Å²) in [6, 6.07) is 0. The van der Waals surface area contributed by atoms with Gasteiger partial charge in [-0.25, -0.2) is 0 Å². The molecule has 43 heavy (non-hydrogen) atoms. The van der Waals surface area contributed by atoms with Gasteiger partial charge >= 0.3 is 17.9 Å². The van der Waals surface area contributed by atoms with Crippen LogP contribution >= 0.6 is 0 Å². The van der Waals surface area contributed by atoms with E-state index in [1.165, 1.54) is 0 Å². The van der Waals surface area contributed by atoms with Crippen molar-refractivity contribution in [1.29, 1.82) is 0 Å². The summed E-state index contributed by atoms with van der Waals surface area (Å²) in [6.07, 6.45) is 5.04. The van der Waals surface area contributed by atoms with Crippen molar-refractivity contribution < 1.29 is 62.1 Å².